The van der Waals surface area contributed by atoms with Gasteiger partial charge in [-0.25, -0.2) is 4.79 Å². The minimum absolute atomic E-state index is 0.103. The van der Waals surface area contributed by atoms with Crippen LogP contribution in [0.5, 0.6) is 11.5 Å². The highest BCUT2D eigenvalue weighted by Crippen LogP contribution is 2.24. The Morgan fingerprint density at radius 3 is 2.09 bits per heavy atom. The Kier molecular flexibility index (Phi) is 16.9. The van der Waals surface area contributed by atoms with E-state index >= 15 is 0 Å². The van der Waals surface area contributed by atoms with Crippen molar-refractivity contribution in [3.05, 3.63) is 72.3 Å². The van der Waals surface area contributed by atoms with Crippen LogP contribution in [0.1, 0.15) is 32.3 Å². The molecule has 2 atom stereocenters. The van der Waals surface area contributed by atoms with E-state index in [0.29, 0.717) is 24.8 Å². The van der Waals surface area contributed by atoms with Crippen molar-refractivity contribution in [2.45, 2.75) is 51.4 Å². The van der Waals surface area contributed by atoms with Gasteiger partial charge in [0.1, 0.15) is 11.5 Å². The monoisotopic (exact) mass is 609 g/mol. The molecule has 43 heavy (non-hydrogen) atoms. The number of aromatic hydroxyl groups is 1. The summed E-state index contributed by atoms with van der Waals surface area (Å²) in [6.45, 7) is 6.09. The standard InChI is InChI=1S/C15H25N3O3.C12H7F3O2.C4H10O/c1-18(12(10-19)3-2-8-16)15(21)14(17)9-11-4-6-13(20)7-5-11;13-12(14,15)11(16)17-10-6-5-8-3-1-2-4-9(8)7-10;1-3-5-4-2/h4-7,12,14,19-20H,2-3,8-10,16-17H2,1H3;1-7H;3-4H2,1-2H3. The van der Waals surface area contributed by atoms with Crippen LogP contribution >= 0.6 is 0 Å². The normalized spacial score (nSPS) is 12.2. The Balaban J connectivity index is 0.000000377. The van der Waals surface area contributed by atoms with E-state index in [1.54, 1.807) is 49.5 Å². The van der Waals surface area contributed by atoms with Crippen molar-refractivity contribution < 1.29 is 42.4 Å². The van der Waals surface area contributed by atoms with Crippen LogP contribution in [-0.4, -0.2) is 78.7 Å². The molecule has 9 nitrogen and oxygen atoms in total. The Hall–Kier alpha value is -3.71. The zero-order valence-electron chi connectivity index (χ0n) is 24.7. The first-order valence-corrected chi connectivity index (χ1v) is 13.8. The predicted octanol–water partition coefficient (Wildman–Crippen LogP) is 4.17. The summed E-state index contributed by atoms with van der Waals surface area (Å²) in [5.41, 5.74) is 12.3. The van der Waals surface area contributed by atoms with Crippen molar-refractivity contribution in [2.75, 3.05) is 33.4 Å². The molecule has 1 amide bonds. The third-order valence-corrected chi connectivity index (χ3v) is 6.13. The number of aliphatic hydroxyl groups excluding tert-OH is 1. The lowest BCUT2D eigenvalue weighted by Gasteiger charge is -2.29. The van der Waals surface area contributed by atoms with Gasteiger partial charge in [0, 0.05) is 20.3 Å². The van der Waals surface area contributed by atoms with E-state index in [1.165, 1.54) is 17.0 Å². The van der Waals surface area contributed by atoms with Gasteiger partial charge in [0.15, 0.2) is 0 Å². The lowest BCUT2D eigenvalue weighted by Crippen LogP contribution is -2.48. The van der Waals surface area contributed by atoms with Gasteiger partial charge in [-0.05, 0) is 80.3 Å². The quantitative estimate of drug-likeness (QED) is 0.187. The molecule has 238 valence electrons. The number of nitrogens with two attached hydrogens (primary N) is 2. The van der Waals surface area contributed by atoms with Crippen LogP contribution < -0.4 is 16.2 Å². The van der Waals surface area contributed by atoms with Crippen molar-refractivity contribution in [1.82, 2.24) is 4.90 Å². The lowest BCUT2D eigenvalue weighted by atomic mass is 10.0. The summed E-state index contributed by atoms with van der Waals surface area (Å²) >= 11 is 0. The number of hydrogen-bond donors (Lipinski definition) is 4. The van der Waals surface area contributed by atoms with Crippen LogP contribution in [0.25, 0.3) is 10.8 Å². The summed E-state index contributed by atoms with van der Waals surface area (Å²) in [6, 6.07) is 17.1. The van der Waals surface area contributed by atoms with Crippen LogP contribution in [0.4, 0.5) is 13.2 Å². The number of aliphatic hydroxyl groups is 1. The summed E-state index contributed by atoms with van der Waals surface area (Å²) in [4.78, 5) is 24.4. The number of esters is 1. The highest BCUT2D eigenvalue weighted by molar-refractivity contribution is 5.85. The Morgan fingerprint density at radius 1 is 0.977 bits per heavy atom. The van der Waals surface area contributed by atoms with Crippen molar-refractivity contribution >= 4 is 22.6 Å². The van der Waals surface area contributed by atoms with Gasteiger partial charge < -0.3 is 36.1 Å². The number of phenolic OH excluding ortho intramolecular Hbond substituents is 1. The molecule has 3 rings (SSSR count). The Morgan fingerprint density at radius 2 is 1.58 bits per heavy atom. The molecular weight excluding hydrogens is 567 g/mol. The molecule has 0 aliphatic rings. The zero-order chi connectivity index (χ0) is 32.4. The first kappa shape index (κ1) is 37.3. The first-order valence-electron chi connectivity index (χ1n) is 13.8. The fourth-order valence-corrected chi connectivity index (χ4v) is 3.78. The number of alkyl halides is 3. The molecule has 3 aromatic carbocycles. The van der Waals surface area contributed by atoms with Crippen LogP contribution in [0.15, 0.2) is 66.7 Å². The third-order valence-electron chi connectivity index (χ3n) is 6.13. The number of likely N-dealkylation sites (N-methyl/N-ethyl adjacent to an activating group) is 1. The molecule has 0 heterocycles. The zero-order valence-corrected chi connectivity index (χ0v) is 24.7. The summed E-state index contributed by atoms with van der Waals surface area (Å²) < 4.78 is 45.0. The molecule has 0 bridgehead atoms. The summed E-state index contributed by atoms with van der Waals surface area (Å²) in [7, 11) is 1.65. The van der Waals surface area contributed by atoms with E-state index in [2.05, 4.69) is 4.74 Å². The van der Waals surface area contributed by atoms with Crippen molar-refractivity contribution in [2.24, 2.45) is 11.5 Å². The van der Waals surface area contributed by atoms with E-state index in [1.807, 2.05) is 26.0 Å². The molecule has 0 radical (unpaired) electrons. The van der Waals surface area contributed by atoms with E-state index in [0.717, 1.165) is 30.6 Å². The van der Waals surface area contributed by atoms with Crippen LogP contribution in [-0.2, 0) is 20.7 Å². The molecule has 0 aliphatic carbocycles. The van der Waals surface area contributed by atoms with Gasteiger partial charge in [-0.1, -0.05) is 42.5 Å². The minimum atomic E-state index is -4.98. The number of nitrogens with zero attached hydrogens (tertiary/aromatic N) is 1. The molecule has 0 fully saturated rings. The number of rotatable bonds is 11. The van der Waals surface area contributed by atoms with Gasteiger partial charge in [-0.15, -0.1) is 0 Å². The number of carbonyl (C=O) groups excluding carboxylic acids is 2. The van der Waals surface area contributed by atoms with Gasteiger partial charge >= 0.3 is 12.1 Å². The molecule has 2 unspecified atom stereocenters. The minimum Gasteiger partial charge on any atom is -0.508 e. The maximum atomic E-state index is 12.3. The highest BCUT2D eigenvalue weighted by atomic mass is 19.4. The Labute approximate surface area is 250 Å². The molecule has 0 spiro atoms. The summed E-state index contributed by atoms with van der Waals surface area (Å²) in [5, 5.41) is 20.2. The smallest absolute Gasteiger partial charge is 0.491 e. The van der Waals surface area contributed by atoms with Crippen molar-refractivity contribution in [3.8, 4) is 11.5 Å². The predicted molar refractivity (Wildman–Crippen MR) is 160 cm³/mol. The second-order valence-electron chi connectivity index (χ2n) is 9.37. The fourth-order valence-electron chi connectivity index (χ4n) is 3.78. The molecule has 0 saturated heterocycles. The van der Waals surface area contributed by atoms with Crippen LogP contribution in [0.2, 0.25) is 0 Å². The van der Waals surface area contributed by atoms with E-state index < -0.39 is 18.2 Å². The average molecular weight is 610 g/mol. The largest absolute Gasteiger partial charge is 0.508 e. The van der Waals surface area contributed by atoms with E-state index in [-0.39, 0.29) is 30.1 Å². The van der Waals surface area contributed by atoms with Crippen LogP contribution in [0.3, 0.4) is 0 Å². The number of fused-ring (bicyclic) bond motifs is 1. The van der Waals surface area contributed by atoms with E-state index in [9.17, 15) is 33.0 Å². The number of carbonyl (C=O) groups is 2. The van der Waals surface area contributed by atoms with Crippen molar-refractivity contribution in [1.29, 1.82) is 0 Å². The summed E-state index contributed by atoms with van der Waals surface area (Å²) in [5.74, 6) is -2.36. The maximum absolute atomic E-state index is 12.3. The van der Waals surface area contributed by atoms with E-state index in [4.69, 9.17) is 16.2 Å². The fraction of sp³-hybridized carbons (Fsp3) is 0.419. The first-order chi connectivity index (χ1) is 20.4. The number of ether oxygens (including phenoxy) is 2. The Bertz CT molecular complexity index is 1240. The van der Waals surface area contributed by atoms with Gasteiger partial charge in [-0.2, -0.15) is 13.2 Å². The maximum Gasteiger partial charge on any atom is 0.491 e. The lowest BCUT2D eigenvalue weighted by molar-refractivity contribution is -0.189. The molecular formula is C31H42F3N3O6. The molecule has 0 saturated carbocycles. The van der Waals surface area contributed by atoms with Gasteiger partial charge in [0.05, 0.1) is 18.7 Å². The van der Waals surface area contributed by atoms with Gasteiger partial charge in [0.2, 0.25) is 5.91 Å². The number of phenols is 1. The van der Waals surface area contributed by atoms with Crippen LogP contribution in [0, 0.1) is 0 Å². The molecule has 3 aromatic rings. The van der Waals surface area contributed by atoms with Gasteiger partial charge in [0.25, 0.3) is 0 Å². The average Bonchev–Trinajstić information content (AvgIpc) is 2.98. The van der Waals surface area contributed by atoms with Crippen molar-refractivity contribution in [3.63, 3.8) is 0 Å². The molecule has 6 N–H and O–H groups in total. The molecule has 0 aromatic heterocycles. The highest BCUT2D eigenvalue weighted by Gasteiger charge is 2.41. The number of benzene rings is 3. The SMILES string of the molecule is CCOCC.CN(C(=O)C(N)Cc1ccc(O)cc1)C(CO)CCCN.O=C(Oc1ccc2ccccc2c1)C(F)(F)F. The third kappa shape index (κ3) is 13.9. The topological polar surface area (TPSA) is 148 Å². The molecule has 12 heteroatoms. The van der Waals surface area contributed by atoms with Gasteiger partial charge in [-0.3, -0.25) is 4.79 Å². The number of hydrogen-bond acceptors (Lipinski definition) is 8. The summed E-state index contributed by atoms with van der Waals surface area (Å²) in [6.07, 6.45) is -3.19. The number of halogens is 3. The second kappa shape index (κ2) is 19.5. The second-order valence-corrected chi connectivity index (χ2v) is 9.37. The number of amides is 1. The molecule has 0 aliphatic heterocycles.